The fourth-order valence-electron chi connectivity index (χ4n) is 1.57. The summed E-state index contributed by atoms with van der Waals surface area (Å²) in [5.74, 6) is 2.45. The van der Waals surface area contributed by atoms with Crippen molar-refractivity contribution in [1.82, 2.24) is 15.0 Å². The number of nitrogen functional groups attached to an aromatic ring is 1. The number of aromatic nitrogens is 3. The first-order chi connectivity index (χ1) is 9.17. The predicted molar refractivity (Wildman–Crippen MR) is 79.2 cm³/mol. The Labute approximate surface area is 121 Å². The van der Waals surface area contributed by atoms with Gasteiger partial charge in [-0.2, -0.15) is 9.97 Å². The number of anilines is 1. The molecule has 2 aromatic rings. The maximum absolute atomic E-state index is 5.85. The summed E-state index contributed by atoms with van der Waals surface area (Å²) >= 11 is 7.50. The van der Waals surface area contributed by atoms with E-state index in [0.29, 0.717) is 11.7 Å². The lowest BCUT2D eigenvalue weighted by atomic mass is 10.3. The first-order valence-corrected chi connectivity index (χ1v) is 7.41. The molecule has 0 spiro atoms. The summed E-state index contributed by atoms with van der Waals surface area (Å²) in [5.41, 5.74) is 5.69. The van der Waals surface area contributed by atoms with Crippen LogP contribution in [0.4, 0.5) is 5.95 Å². The first kappa shape index (κ1) is 14.1. The number of benzene rings is 1. The zero-order valence-corrected chi connectivity index (χ0v) is 12.2. The minimum absolute atomic E-state index is 0.296. The molecule has 100 valence electrons. The van der Waals surface area contributed by atoms with Gasteiger partial charge in [-0.3, -0.25) is 0 Å². The number of rotatable bonds is 5. The van der Waals surface area contributed by atoms with Gasteiger partial charge in [-0.1, -0.05) is 18.5 Å². The molecular formula is C13H15ClN4S. The Morgan fingerprint density at radius 3 is 2.47 bits per heavy atom. The van der Waals surface area contributed by atoms with Crippen molar-refractivity contribution < 1.29 is 0 Å². The number of aryl methyl sites for hydroxylation is 1. The van der Waals surface area contributed by atoms with E-state index in [0.717, 1.165) is 34.4 Å². The largest absolute Gasteiger partial charge is 0.368 e. The van der Waals surface area contributed by atoms with Gasteiger partial charge in [-0.05, 0) is 30.7 Å². The lowest BCUT2D eigenvalue weighted by molar-refractivity contribution is 0.802. The fraction of sp³-hybridized carbons (Fsp3) is 0.308. The molecule has 2 N–H and O–H groups in total. The van der Waals surface area contributed by atoms with Crippen LogP contribution in [0.1, 0.15) is 25.0 Å². The van der Waals surface area contributed by atoms with Crippen molar-refractivity contribution in [2.24, 2.45) is 0 Å². The van der Waals surface area contributed by atoms with E-state index in [1.54, 1.807) is 11.8 Å². The first-order valence-electron chi connectivity index (χ1n) is 6.05. The van der Waals surface area contributed by atoms with E-state index in [1.165, 1.54) is 0 Å². The van der Waals surface area contributed by atoms with E-state index >= 15 is 0 Å². The third kappa shape index (κ3) is 4.36. The van der Waals surface area contributed by atoms with Crippen LogP contribution < -0.4 is 5.73 Å². The number of hydrogen-bond acceptors (Lipinski definition) is 5. The van der Waals surface area contributed by atoms with E-state index in [4.69, 9.17) is 17.3 Å². The monoisotopic (exact) mass is 294 g/mol. The van der Waals surface area contributed by atoms with Gasteiger partial charge >= 0.3 is 0 Å². The second-order valence-electron chi connectivity index (χ2n) is 4.02. The van der Waals surface area contributed by atoms with E-state index in [2.05, 4.69) is 21.9 Å². The van der Waals surface area contributed by atoms with Gasteiger partial charge < -0.3 is 5.73 Å². The van der Waals surface area contributed by atoms with Crippen LogP contribution in [0, 0.1) is 0 Å². The molecule has 0 radical (unpaired) electrons. The number of thioether (sulfide) groups is 1. The van der Waals surface area contributed by atoms with E-state index in [-0.39, 0.29) is 0 Å². The van der Waals surface area contributed by atoms with E-state index < -0.39 is 0 Å². The van der Waals surface area contributed by atoms with E-state index in [1.807, 2.05) is 24.3 Å². The Bertz CT molecular complexity index is 545. The molecule has 0 atom stereocenters. The normalized spacial score (nSPS) is 10.6. The van der Waals surface area contributed by atoms with Gasteiger partial charge in [0.2, 0.25) is 5.95 Å². The quantitative estimate of drug-likeness (QED) is 0.857. The highest BCUT2D eigenvalue weighted by Crippen LogP contribution is 2.23. The Kier molecular flexibility index (Phi) is 4.99. The lowest BCUT2D eigenvalue weighted by Crippen LogP contribution is -2.06. The molecular weight excluding hydrogens is 280 g/mol. The van der Waals surface area contributed by atoms with Crippen molar-refractivity contribution in [2.75, 3.05) is 5.73 Å². The summed E-state index contributed by atoms with van der Waals surface area (Å²) in [6, 6.07) is 7.69. The molecule has 0 saturated heterocycles. The van der Waals surface area contributed by atoms with Crippen LogP contribution in [0.2, 0.25) is 5.02 Å². The highest BCUT2D eigenvalue weighted by molar-refractivity contribution is 7.98. The van der Waals surface area contributed by atoms with Crippen molar-refractivity contribution in [3.8, 4) is 0 Å². The molecule has 0 aliphatic carbocycles. The minimum Gasteiger partial charge on any atom is -0.368 e. The summed E-state index contributed by atoms with van der Waals surface area (Å²) in [4.78, 5) is 13.8. The van der Waals surface area contributed by atoms with Crippen LogP contribution in [0.3, 0.4) is 0 Å². The molecule has 0 amide bonds. The van der Waals surface area contributed by atoms with Gasteiger partial charge in [0.05, 0.1) is 5.75 Å². The summed E-state index contributed by atoms with van der Waals surface area (Å²) in [6.45, 7) is 2.09. The topological polar surface area (TPSA) is 64.7 Å². The molecule has 0 unspecified atom stereocenters. The average molecular weight is 295 g/mol. The van der Waals surface area contributed by atoms with E-state index in [9.17, 15) is 0 Å². The average Bonchev–Trinajstić information content (AvgIpc) is 2.38. The summed E-state index contributed by atoms with van der Waals surface area (Å²) < 4.78 is 0. The molecule has 0 fully saturated rings. The Morgan fingerprint density at radius 1 is 1.11 bits per heavy atom. The van der Waals surface area contributed by atoms with Gasteiger partial charge in [0.25, 0.3) is 0 Å². The summed E-state index contributed by atoms with van der Waals surface area (Å²) in [6.07, 6.45) is 1.82. The molecule has 6 heteroatoms. The smallest absolute Gasteiger partial charge is 0.223 e. The molecule has 1 aromatic heterocycles. The van der Waals surface area contributed by atoms with Crippen LogP contribution in [0.25, 0.3) is 0 Å². The number of nitrogens with two attached hydrogens (primary N) is 1. The van der Waals surface area contributed by atoms with Crippen molar-refractivity contribution in [2.45, 2.75) is 30.4 Å². The van der Waals surface area contributed by atoms with Crippen LogP contribution in [0.15, 0.2) is 29.2 Å². The third-order valence-corrected chi connectivity index (χ3v) is 3.66. The highest BCUT2D eigenvalue weighted by atomic mass is 35.5. The highest BCUT2D eigenvalue weighted by Gasteiger charge is 2.05. The molecule has 4 nitrogen and oxygen atoms in total. The van der Waals surface area contributed by atoms with Gasteiger partial charge in [0.15, 0.2) is 0 Å². The van der Waals surface area contributed by atoms with Crippen molar-refractivity contribution in [3.63, 3.8) is 0 Å². The van der Waals surface area contributed by atoms with Crippen molar-refractivity contribution >= 4 is 29.3 Å². The van der Waals surface area contributed by atoms with Crippen LogP contribution >= 0.6 is 23.4 Å². The number of hydrogen-bond donors (Lipinski definition) is 1. The Morgan fingerprint density at radius 2 is 1.79 bits per heavy atom. The molecule has 0 aliphatic heterocycles. The number of halogens is 1. The molecule has 1 aromatic carbocycles. The van der Waals surface area contributed by atoms with Crippen LogP contribution in [0.5, 0.6) is 0 Å². The van der Waals surface area contributed by atoms with Crippen LogP contribution in [-0.2, 0) is 12.2 Å². The molecule has 0 saturated carbocycles. The molecule has 2 rings (SSSR count). The molecule has 1 heterocycles. The minimum atomic E-state index is 0.296. The summed E-state index contributed by atoms with van der Waals surface area (Å²) in [5, 5.41) is 0.735. The van der Waals surface area contributed by atoms with Gasteiger partial charge in [0, 0.05) is 16.3 Å². The fourth-order valence-corrected chi connectivity index (χ4v) is 2.45. The molecule has 0 aliphatic rings. The second kappa shape index (κ2) is 6.73. The zero-order valence-electron chi connectivity index (χ0n) is 10.6. The lowest BCUT2D eigenvalue weighted by Gasteiger charge is -2.04. The van der Waals surface area contributed by atoms with Gasteiger partial charge in [-0.15, -0.1) is 11.8 Å². The second-order valence-corrected chi connectivity index (χ2v) is 5.50. The number of nitrogens with zero attached hydrogens (tertiary/aromatic N) is 3. The van der Waals surface area contributed by atoms with Gasteiger partial charge in [0.1, 0.15) is 11.6 Å². The summed E-state index contributed by atoms with van der Waals surface area (Å²) in [7, 11) is 0. The van der Waals surface area contributed by atoms with Gasteiger partial charge in [-0.25, -0.2) is 4.98 Å². The molecule has 19 heavy (non-hydrogen) atoms. The Hall–Kier alpha value is -1.33. The Balaban J connectivity index is 2.04. The third-order valence-electron chi connectivity index (χ3n) is 2.40. The maximum atomic E-state index is 5.85. The van der Waals surface area contributed by atoms with Crippen LogP contribution in [-0.4, -0.2) is 15.0 Å². The van der Waals surface area contributed by atoms with Crippen molar-refractivity contribution in [3.05, 3.63) is 40.9 Å². The predicted octanol–water partition coefficient (Wildman–Crippen LogP) is 3.35. The zero-order chi connectivity index (χ0) is 13.7. The standard InChI is InChI=1S/C13H15ClN4S/c1-2-3-11-16-12(18-13(15)17-11)8-19-10-6-4-9(14)5-7-10/h4-7H,2-3,8H2,1H3,(H2,15,16,17,18). The molecule has 0 bridgehead atoms. The van der Waals surface area contributed by atoms with Crippen molar-refractivity contribution in [1.29, 1.82) is 0 Å². The SMILES string of the molecule is CCCc1nc(N)nc(CSc2ccc(Cl)cc2)n1. The maximum Gasteiger partial charge on any atom is 0.223 e.